The molecule has 4 N–H and O–H groups in total. The summed E-state index contributed by atoms with van der Waals surface area (Å²) in [4.78, 5) is 25.6. The molecule has 4 atom stereocenters. The Morgan fingerprint density at radius 3 is 2.55 bits per heavy atom. The zero-order chi connectivity index (χ0) is 14.3. The standard InChI is InChI=1S/C14H18N2O4/c17-13(18)8-4-7-2-1-3-11(14(19)20)16-12(7)10-6-15-5-9(8)10/h5-8,11-12,15-16H,1-4H2,(H,17,18)(H,19,20)/t7?,8?,11-,12?/m0/s1. The molecule has 1 aromatic heterocycles. The first-order valence-electron chi connectivity index (χ1n) is 6.96. The minimum Gasteiger partial charge on any atom is -0.481 e. The third-order valence-electron chi connectivity index (χ3n) is 4.58. The number of fused-ring (bicyclic) bond motifs is 3. The van der Waals surface area contributed by atoms with E-state index < -0.39 is 23.9 Å². The molecule has 0 saturated carbocycles. The predicted octanol–water partition coefficient (Wildman–Crippen LogP) is 1.47. The largest absolute Gasteiger partial charge is 0.481 e. The van der Waals surface area contributed by atoms with Gasteiger partial charge in [0.05, 0.1) is 5.92 Å². The number of carbonyl (C=O) groups is 2. The van der Waals surface area contributed by atoms with E-state index in [4.69, 9.17) is 0 Å². The smallest absolute Gasteiger partial charge is 0.320 e. The van der Waals surface area contributed by atoms with Crippen molar-refractivity contribution in [2.24, 2.45) is 5.92 Å². The van der Waals surface area contributed by atoms with Crippen molar-refractivity contribution in [1.82, 2.24) is 10.3 Å². The molecule has 6 nitrogen and oxygen atoms in total. The lowest BCUT2D eigenvalue weighted by atomic mass is 9.74. The van der Waals surface area contributed by atoms with Crippen molar-refractivity contribution in [3.8, 4) is 0 Å². The van der Waals surface area contributed by atoms with Crippen molar-refractivity contribution in [3.63, 3.8) is 0 Å². The van der Waals surface area contributed by atoms with Crippen LogP contribution in [0.4, 0.5) is 0 Å². The maximum Gasteiger partial charge on any atom is 0.320 e. The molecule has 0 amide bonds. The van der Waals surface area contributed by atoms with Crippen LogP contribution in [0, 0.1) is 5.92 Å². The third-order valence-corrected chi connectivity index (χ3v) is 4.58. The Morgan fingerprint density at radius 2 is 1.85 bits per heavy atom. The van der Waals surface area contributed by atoms with Gasteiger partial charge in [-0.3, -0.25) is 14.9 Å². The summed E-state index contributed by atoms with van der Waals surface area (Å²) in [5, 5.41) is 21.8. The van der Waals surface area contributed by atoms with Gasteiger partial charge < -0.3 is 15.2 Å². The van der Waals surface area contributed by atoms with Crippen molar-refractivity contribution in [2.45, 2.75) is 43.7 Å². The molecule has 1 aliphatic heterocycles. The molecule has 1 saturated heterocycles. The molecule has 0 spiro atoms. The Hall–Kier alpha value is -1.82. The van der Waals surface area contributed by atoms with E-state index in [-0.39, 0.29) is 12.0 Å². The summed E-state index contributed by atoms with van der Waals surface area (Å²) in [7, 11) is 0. The normalized spacial score (nSPS) is 32.8. The first-order valence-corrected chi connectivity index (χ1v) is 6.96. The van der Waals surface area contributed by atoms with Gasteiger partial charge in [0.1, 0.15) is 6.04 Å². The minimum absolute atomic E-state index is 0.0598. The van der Waals surface area contributed by atoms with Crippen molar-refractivity contribution < 1.29 is 19.8 Å². The molecule has 2 aliphatic rings. The average Bonchev–Trinajstić information content (AvgIpc) is 2.77. The molecule has 6 heteroatoms. The molecule has 3 unspecified atom stereocenters. The van der Waals surface area contributed by atoms with E-state index in [1.54, 1.807) is 12.4 Å². The summed E-state index contributed by atoms with van der Waals surface area (Å²) in [6.07, 6.45) is 6.39. The lowest BCUT2D eigenvalue weighted by Gasteiger charge is -2.34. The number of hydrogen-bond donors (Lipinski definition) is 4. The zero-order valence-electron chi connectivity index (χ0n) is 11.0. The molecular weight excluding hydrogens is 260 g/mol. The van der Waals surface area contributed by atoms with E-state index in [1.165, 1.54) is 0 Å². The Labute approximate surface area is 116 Å². The van der Waals surface area contributed by atoms with Crippen LogP contribution in [0.3, 0.4) is 0 Å². The quantitative estimate of drug-likeness (QED) is 0.656. The van der Waals surface area contributed by atoms with Gasteiger partial charge >= 0.3 is 11.9 Å². The molecule has 3 rings (SSSR count). The summed E-state index contributed by atoms with van der Waals surface area (Å²) in [5.41, 5.74) is 1.71. The van der Waals surface area contributed by atoms with Gasteiger partial charge in [0.2, 0.25) is 0 Å². The van der Waals surface area contributed by atoms with Crippen LogP contribution in [0.1, 0.15) is 48.8 Å². The molecule has 108 valence electrons. The lowest BCUT2D eigenvalue weighted by Crippen LogP contribution is -2.42. The SMILES string of the molecule is O=C(O)C1CC2CCC[C@@H](C(=O)O)NC2c2c[nH]cc21. The average molecular weight is 278 g/mol. The van der Waals surface area contributed by atoms with Gasteiger partial charge in [-0.2, -0.15) is 0 Å². The second-order valence-corrected chi connectivity index (χ2v) is 5.72. The molecule has 0 aromatic carbocycles. The molecule has 1 aromatic rings. The number of nitrogens with one attached hydrogen (secondary N) is 2. The van der Waals surface area contributed by atoms with Crippen molar-refractivity contribution >= 4 is 11.9 Å². The van der Waals surface area contributed by atoms with Crippen LogP contribution < -0.4 is 5.32 Å². The third kappa shape index (κ3) is 2.10. The second kappa shape index (κ2) is 4.94. The lowest BCUT2D eigenvalue weighted by molar-refractivity contribution is -0.141. The van der Waals surface area contributed by atoms with Gasteiger partial charge in [0.25, 0.3) is 0 Å². The first kappa shape index (κ1) is 13.2. The van der Waals surface area contributed by atoms with E-state index >= 15 is 0 Å². The van der Waals surface area contributed by atoms with E-state index in [0.717, 1.165) is 24.0 Å². The predicted molar refractivity (Wildman–Crippen MR) is 70.4 cm³/mol. The Balaban J connectivity index is 1.96. The van der Waals surface area contributed by atoms with E-state index in [0.29, 0.717) is 12.8 Å². The van der Waals surface area contributed by atoms with Crippen LogP contribution in [0.15, 0.2) is 12.4 Å². The van der Waals surface area contributed by atoms with Gasteiger partial charge in [-0.1, -0.05) is 6.42 Å². The van der Waals surface area contributed by atoms with E-state index in [1.807, 2.05) is 0 Å². The number of carboxylic acids is 2. The fourth-order valence-corrected chi connectivity index (χ4v) is 3.60. The molecule has 0 bridgehead atoms. The fraction of sp³-hybridized carbons (Fsp3) is 0.571. The maximum atomic E-state index is 11.4. The first-order chi connectivity index (χ1) is 9.58. The number of carboxylic acid groups (broad SMARTS) is 2. The zero-order valence-corrected chi connectivity index (χ0v) is 11.0. The number of hydrogen-bond acceptors (Lipinski definition) is 3. The monoisotopic (exact) mass is 278 g/mol. The summed E-state index contributed by atoms with van der Waals surface area (Å²) >= 11 is 0. The highest BCUT2D eigenvalue weighted by molar-refractivity contribution is 5.77. The van der Waals surface area contributed by atoms with Gasteiger partial charge in [-0.05, 0) is 36.3 Å². The highest BCUT2D eigenvalue weighted by atomic mass is 16.4. The Morgan fingerprint density at radius 1 is 1.10 bits per heavy atom. The topological polar surface area (TPSA) is 102 Å². The summed E-state index contributed by atoms with van der Waals surface area (Å²) in [5.74, 6) is -1.93. The molecule has 1 fully saturated rings. The van der Waals surface area contributed by atoms with Crippen LogP contribution in [0.2, 0.25) is 0 Å². The Kier molecular flexibility index (Phi) is 3.25. The molecular formula is C14H18N2O4. The number of aromatic amines is 1. The van der Waals surface area contributed by atoms with Gasteiger partial charge in [-0.15, -0.1) is 0 Å². The summed E-state index contributed by atoms with van der Waals surface area (Å²) < 4.78 is 0. The number of aliphatic carboxylic acids is 2. The fourth-order valence-electron chi connectivity index (χ4n) is 3.60. The highest BCUT2D eigenvalue weighted by Gasteiger charge is 2.41. The molecule has 0 radical (unpaired) electrons. The molecule has 1 aliphatic carbocycles. The van der Waals surface area contributed by atoms with E-state index in [2.05, 4.69) is 10.3 Å². The highest BCUT2D eigenvalue weighted by Crippen LogP contribution is 2.45. The van der Waals surface area contributed by atoms with E-state index in [9.17, 15) is 19.8 Å². The second-order valence-electron chi connectivity index (χ2n) is 5.72. The molecule has 20 heavy (non-hydrogen) atoms. The number of H-pyrrole nitrogens is 1. The minimum atomic E-state index is -0.830. The van der Waals surface area contributed by atoms with Crippen molar-refractivity contribution in [3.05, 3.63) is 23.5 Å². The number of aromatic nitrogens is 1. The summed E-state index contributed by atoms with van der Waals surface area (Å²) in [6, 6.07) is -0.607. The van der Waals surface area contributed by atoms with Crippen LogP contribution in [0.25, 0.3) is 0 Å². The molecule has 2 heterocycles. The summed E-state index contributed by atoms with van der Waals surface area (Å²) in [6.45, 7) is 0. The van der Waals surface area contributed by atoms with Gasteiger partial charge in [-0.25, -0.2) is 0 Å². The number of rotatable bonds is 2. The van der Waals surface area contributed by atoms with Crippen LogP contribution in [0.5, 0.6) is 0 Å². The maximum absolute atomic E-state index is 11.4. The van der Waals surface area contributed by atoms with Crippen LogP contribution >= 0.6 is 0 Å². The van der Waals surface area contributed by atoms with Gasteiger partial charge in [0.15, 0.2) is 0 Å². The van der Waals surface area contributed by atoms with Crippen LogP contribution in [-0.4, -0.2) is 33.2 Å². The Bertz CT molecular complexity index is 539. The van der Waals surface area contributed by atoms with Gasteiger partial charge in [0, 0.05) is 18.4 Å². The van der Waals surface area contributed by atoms with Crippen molar-refractivity contribution in [1.29, 1.82) is 0 Å². The van der Waals surface area contributed by atoms with Crippen LogP contribution in [-0.2, 0) is 9.59 Å². The van der Waals surface area contributed by atoms with Crippen molar-refractivity contribution in [2.75, 3.05) is 0 Å².